The second kappa shape index (κ2) is 3.94. The van der Waals surface area contributed by atoms with E-state index in [1.807, 2.05) is 19.1 Å². The topological polar surface area (TPSA) is 46.3 Å². The van der Waals surface area contributed by atoms with Gasteiger partial charge in [-0.3, -0.25) is 0 Å². The van der Waals surface area contributed by atoms with Gasteiger partial charge in [0.1, 0.15) is 0 Å². The molecule has 0 spiro atoms. The van der Waals surface area contributed by atoms with Crippen LogP contribution in [0.5, 0.6) is 0 Å². The molecule has 2 aromatic heterocycles. The Bertz CT molecular complexity index is 394. The van der Waals surface area contributed by atoms with Crippen molar-refractivity contribution in [3.05, 3.63) is 29.5 Å². The molecule has 1 unspecified atom stereocenters. The normalized spacial score (nSPS) is 13.0. The van der Waals surface area contributed by atoms with Gasteiger partial charge in [0, 0.05) is 17.0 Å². The van der Waals surface area contributed by atoms with Gasteiger partial charge in [-0.15, -0.1) is 11.3 Å². The molecule has 0 bridgehead atoms. The first-order valence-electron chi connectivity index (χ1n) is 4.41. The summed E-state index contributed by atoms with van der Waals surface area (Å²) in [5.41, 5.74) is 0. The van der Waals surface area contributed by atoms with Gasteiger partial charge < -0.3 is 9.52 Å². The summed E-state index contributed by atoms with van der Waals surface area (Å²) in [5.74, 6) is 0.933. The Morgan fingerprint density at radius 2 is 2.50 bits per heavy atom. The van der Waals surface area contributed by atoms with Crippen molar-refractivity contribution in [2.75, 3.05) is 6.61 Å². The summed E-state index contributed by atoms with van der Waals surface area (Å²) in [7, 11) is 0. The summed E-state index contributed by atoms with van der Waals surface area (Å²) in [5, 5.41) is 9.85. The number of aromatic nitrogens is 1. The van der Waals surface area contributed by atoms with Gasteiger partial charge in [0.15, 0.2) is 10.8 Å². The number of nitrogens with zero attached hydrogens (tertiary/aromatic N) is 1. The molecule has 0 fully saturated rings. The summed E-state index contributed by atoms with van der Waals surface area (Å²) >= 11 is 1.56. The van der Waals surface area contributed by atoms with Crippen LogP contribution in [0, 0.1) is 0 Å². The van der Waals surface area contributed by atoms with Crippen LogP contribution in [0.15, 0.2) is 29.0 Å². The van der Waals surface area contributed by atoms with Gasteiger partial charge in [-0.1, -0.05) is 6.92 Å². The van der Waals surface area contributed by atoms with Crippen LogP contribution in [0.2, 0.25) is 0 Å². The van der Waals surface area contributed by atoms with E-state index >= 15 is 0 Å². The molecule has 3 nitrogen and oxygen atoms in total. The fraction of sp³-hybridized carbons (Fsp3) is 0.300. The van der Waals surface area contributed by atoms with Gasteiger partial charge >= 0.3 is 0 Å². The van der Waals surface area contributed by atoms with E-state index < -0.39 is 0 Å². The zero-order chi connectivity index (χ0) is 9.97. The number of aliphatic hydroxyl groups excluding tert-OH is 1. The maximum atomic E-state index is 8.98. The number of hydrogen-bond acceptors (Lipinski definition) is 4. The Morgan fingerprint density at radius 3 is 3.14 bits per heavy atom. The van der Waals surface area contributed by atoms with Gasteiger partial charge in [-0.05, 0) is 12.1 Å². The molecule has 0 aromatic carbocycles. The number of thiazole rings is 1. The number of hydrogen-bond donors (Lipinski definition) is 1. The Hall–Kier alpha value is -1.13. The molecule has 0 amide bonds. The van der Waals surface area contributed by atoms with Crippen LogP contribution in [-0.4, -0.2) is 16.7 Å². The summed E-state index contributed by atoms with van der Waals surface area (Å²) in [6.45, 7) is 2.12. The first-order valence-corrected chi connectivity index (χ1v) is 5.23. The van der Waals surface area contributed by atoms with Crippen LogP contribution in [0.1, 0.15) is 17.7 Å². The highest BCUT2D eigenvalue weighted by Gasteiger charge is 2.11. The molecule has 0 radical (unpaired) electrons. The van der Waals surface area contributed by atoms with Crippen molar-refractivity contribution in [2.45, 2.75) is 12.8 Å². The molecule has 1 N–H and O–H groups in total. The van der Waals surface area contributed by atoms with Crippen molar-refractivity contribution >= 4 is 11.3 Å². The molecular weight excluding hydrogens is 198 g/mol. The zero-order valence-corrected chi connectivity index (χ0v) is 8.62. The highest BCUT2D eigenvalue weighted by atomic mass is 32.1. The van der Waals surface area contributed by atoms with Crippen molar-refractivity contribution in [3.63, 3.8) is 0 Å². The van der Waals surface area contributed by atoms with E-state index in [0.717, 1.165) is 15.6 Å². The van der Waals surface area contributed by atoms with Crippen LogP contribution < -0.4 is 0 Å². The summed E-state index contributed by atoms with van der Waals surface area (Å²) in [4.78, 5) is 5.32. The van der Waals surface area contributed by atoms with Gasteiger partial charge in [-0.25, -0.2) is 4.98 Å². The molecule has 2 rings (SSSR count). The van der Waals surface area contributed by atoms with E-state index in [1.54, 1.807) is 23.8 Å². The van der Waals surface area contributed by atoms with E-state index in [9.17, 15) is 0 Å². The average molecular weight is 209 g/mol. The van der Waals surface area contributed by atoms with Gasteiger partial charge in [-0.2, -0.15) is 0 Å². The predicted octanol–water partition coefficient (Wildman–Crippen LogP) is 2.50. The molecule has 2 aromatic rings. The predicted molar refractivity (Wildman–Crippen MR) is 55.3 cm³/mol. The Labute approximate surface area is 86.0 Å². The van der Waals surface area contributed by atoms with Gasteiger partial charge in [0.05, 0.1) is 12.9 Å². The maximum Gasteiger partial charge on any atom is 0.162 e. The molecular formula is C10H11NO2S. The lowest BCUT2D eigenvalue weighted by molar-refractivity contribution is 0.274. The average Bonchev–Trinajstić information content (AvgIpc) is 2.86. The molecule has 1 atom stereocenters. The third-order valence-corrected chi connectivity index (χ3v) is 3.26. The van der Waals surface area contributed by atoms with Crippen molar-refractivity contribution in [3.8, 4) is 10.8 Å². The highest BCUT2D eigenvalue weighted by molar-refractivity contribution is 7.15. The fourth-order valence-electron chi connectivity index (χ4n) is 1.12. The minimum Gasteiger partial charge on any atom is -0.462 e. The molecule has 0 aliphatic carbocycles. The summed E-state index contributed by atoms with van der Waals surface area (Å²) in [6, 6.07) is 3.72. The van der Waals surface area contributed by atoms with E-state index in [2.05, 4.69) is 4.98 Å². The van der Waals surface area contributed by atoms with E-state index in [4.69, 9.17) is 9.52 Å². The number of furan rings is 1. The van der Waals surface area contributed by atoms with Crippen molar-refractivity contribution in [1.82, 2.24) is 4.98 Å². The van der Waals surface area contributed by atoms with Crippen LogP contribution in [-0.2, 0) is 0 Å². The molecule has 0 saturated carbocycles. The highest BCUT2D eigenvalue weighted by Crippen LogP contribution is 2.29. The molecule has 0 aliphatic heterocycles. The van der Waals surface area contributed by atoms with E-state index in [0.29, 0.717) is 0 Å². The van der Waals surface area contributed by atoms with Crippen LogP contribution >= 0.6 is 11.3 Å². The second-order valence-electron chi connectivity index (χ2n) is 3.13. The fourth-order valence-corrected chi connectivity index (χ4v) is 2.05. The van der Waals surface area contributed by atoms with Crippen LogP contribution in [0.25, 0.3) is 10.8 Å². The Balaban J connectivity index is 2.26. The van der Waals surface area contributed by atoms with E-state index in [-0.39, 0.29) is 12.5 Å². The summed E-state index contributed by atoms with van der Waals surface area (Å²) < 4.78 is 5.23. The molecule has 4 heteroatoms. The largest absolute Gasteiger partial charge is 0.462 e. The molecule has 0 saturated heterocycles. The quantitative estimate of drug-likeness (QED) is 0.844. The lowest BCUT2D eigenvalue weighted by atomic mass is 10.2. The molecule has 0 aliphatic rings. The third kappa shape index (κ3) is 1.71. The van der Waals surface area contributed by atoms with E-state index in [1.165, 1.54) is 0 Å². The van der Waals surface area contributed by atoms with Crippen LogP contribution in [0.3, 0.4) is 0 Å². The zero-order valence-electron chi connectivity index (χ0n) is 7.80. The smallest absolute Gasteiger partial charge is 0.162 e. The maximum absolute atomic E-state index is 8.98. The molecule has 14 heavy (non-hydrogen) atoms. The lowest BCUT2D eigenvalue weighted by Gasteiger charge is -2.00. The summed E-state index contributed by atoms with van der Waals surface area (Å²) in [6.07, 6.45) is 3.43. The van der Waals surface area contributed by atoms with Crippen molar-refractivity contribution in [2.24, 2.45) is 0 Å². The monoisotopic (exact) mass is 209 g/mol. The van der Waals surface area contributed by atoms with Crippen molar-refractivity contribution < 1.29 is 9.52 Å². The van der Waals surface area contributed by atoms with Gasteiger partial charge in [0.25, 0.3) is 0 Å². The Morgan fingerprint density at radius 1 is 1.64 bits per heavy atom. The van der Waals surface area contributed by atoms with Crippen molar-refractivity contribution in [1.29, 1.82) is 0 Å². The third-order valence-electron chi connectivity index (χ3n) is 2.02. The number of aliphatic hydroxyl groups is 1. The molecule has 2 heterocycles. The first-order chi connectivity index (χ1) is 6.81. The number of rotatable bonds is 3. The Kier molecular flexibility index (Phi) is 2.65. The minimum atomic E-state index is 0.149. The standard InChI is InChI=1S/C10H11NO2S/c1-7(6-12)9-5-11-10(14-9)8-3-2-4-13-8/h2-5,7,12H,6H2,1H3. The molecule has 74 valence electrons. The lowest BCUT2D eigenvalue weighted by Crippen LogP contribution is -1.94. The second-order valence-corrected chi connectivity index (χ2v) is 4.19. The van der Waals surface area contributed by atoms with Gasteiger partial charge in [0.2, 0.25) is 0 Å². The van der Waals surface area contributed by atoms with Crippen LogP contribution in [0.4, 0.5) is 0 Å². The minimum absolute atomic E-state index is 0.149. The SMILES string of the molecule is CC(CO)c1cnc(-c2ccco2)s1. The first kappa shape index (κ1) is 9.43.